The van der Waals surface area contributed by atoms with Crippen LogP contribution >= 0.6 is 11.3 Å². The highest BCUT2D eigenvalue weighted by molar-refractivity contribution is 7.13. The van der Waals surface area contributed by atoms with Crippen LogP contribution in [0, 0.1) is 5.82 Å². The van der Waals surface area contributed by atoms with Crippen molar-refractivity contribution < 1.29 is 4.39 Å². The van der Waals surface area contributed by atoms with Crippen LogP contribution in [0.2, 0.25) is 0 Å². The molecule has 21 heavy (non-hydrogen) atoms. The summed E-state index contributed by atoms with van der Waals surface area (Å²) < 4.78 is 14.0. The Morgan fingerprint density at radius 3 is 2.67 bits per heavy atom. The molecule has 0 aliphatic carbocycles. The lowest BCUT2D eigenvalue weighted by Crippen LogP contribution is -2.47. The summed E-state index contributed by atoms with van der Waals surface area (Å²) in [7, 11) is 1.84. The SMILES string of the molecule is CNCc1c(F)cccc1N1CCN(c2nccs2)CC1. The lowest BCUT2D eigenvalue weighted by molar-refractivity contribution is 0.593. The minimum atomic E-state index is -0.135. The zero-order valence-electron chi connectivity index (χ0n) is 12.1. The number of hydrogen-bond acceptors (Lipinski definition) is 5. The van der Waals surface area contributed by atoms with E-state index in [1.807, 2.05) is 24.7 Å². The molecule has 4 nitrogen and oxygen atoms in total. The molecule has 1 N–H and O–H groups in total. The largest absolute Gasteiger partial charge is 0.368 e. The second-order valence-electron chi connectivity index (χ2n) is 5.06. The number of halogens is 1. The lowest BCUT2D eigenvalue weighted by atomic mass is 10.1. The Kier molecular flexibility index (Phi) is 4.36. The van der Waals surface area contributed by atoms with E-state index >= 15 is 0 Å². The highest BCUT2D eigenvalue weighted by atomic mass is 32.1. The molecule has 1 fully saturated rings. The molecule has 2 aromatic rings. The molecule has 0 atom stereocenters. The van der Waals surface area contributed by atoms with Crippen molar-refractivity contribution >= 4 is 22.2 Å². The summed E-state index contributed by atoms with van der Waals surface area (Å²) in [6.07, 6.45) is 1.84. The van der Waals surface area contributed by atoms with Crippen molar-refractivity contribution in [3.05, 3.63) is 41.2 Å². The van der Waals surface area contributed by atoms with Crippen molar-refractivity contribution in [2.45, 2.75) is 6.54 Å². The van der Waals surface area contributed by atoms with Crippen molar-refractivity contribution in [1.29, 1.82) is 0 Å². The fourth-order valence-electron chi connectivity index (χ4n) is 2.71. The first kappa shape index (κ1) is 14.3. The molecule has 3 rings (SSSR count). The van der Waals surface area contributed by atoms with Gasteiger partial charge in [0.1, 0.15) is 5.82 Å². The van der Waals surface area contributed by atoms with Gasteiger partial charge in [0.25, 0.3) is 0 Å². The van der Waals surface area contributed by atoms with Crippen LogP contribution in [-0.2, 0) is 6.54 Å². The Labute approximate surface area is 128 Å². The van der Waals surface area contributed by atoms with Gasteiger partial charge in [-0.2, -0.15) is 0 Å². The number of rotatable bonds is 4. The van der Waals surface area contributed by atoms with Crippen molar-refractivity contribution in [1.82, 2.24) is 10.3 Å². The number of benzene rings is 1. The van der Waals surface area contributed by atoms with Gasteiger partial charge in [-0.3, -0.25) is 0 Å². The third-order valence-electron chi connectivity index (χ3n) is 3.76. The van der Waals surface area contributed by atoms with Crippen LogP contribution in [0.3, 0.4) is 0 Å². The predicted octanol–water partition coefficient (Wildman–Crippen LogP) is 2.33. The maximum Gasteiger partial charge on any atom is 0.185 e. The van der Waals surface area contributed by atoms with Crippen LogP contribution in [0.15, 0.2) is 29.8 Å². The van der Waals surface area contributed by atoms with E-state index in [1.165, 1.54) is 6.07 Å². The maximum atomic E-state index is 14.0. The van der Waals surface area contributed by atoms with E-state index in [9.17, 15) is 4.39 Å². The first-order valence-electron chi connectivity index (χ1n) is 7.11. The molecule has 2 heterocycles. The fourth-order valence-corrected chi connectivity index (χ4v) is 3.40. The van der Waals surface area contributed by atoms with E-state index in [1.54, 1.807) is 17.4 Å². The second-order valence-corrected chi connectivity index (χ2v) is 5.93. The third kappa shape index (κ3) is 3.01. The fraction of sp³-hybridized carbons (Fsp3) is 0.400. The zero-order chi connectivity index (χ0) is 14.7. The van der Waals surface area contributed by atoms with Gasteiger partial charge in [0.15, 0.2) is 5.13 Å². The van der Waals surface area contributed by atoms with Gasteiger partial charge in [-0.05, 0) is 19.2 Å². The molecule has 1 aliphatic rings. The topological polar surface area (TPSA) is 31.4 Å². The monoisotopic (exact) mass is 306 g/mol. The van der Waals surface area contributed by atoms with E-state index < -0.39 is 0 Å². The van der Waals surface area contributed by atoms with Gasteiger partial charge >= 0.3 is 0 Å². The van der Waals surface area contributed by atoms with E-state index in [2.05, 4.69) is 20.1 Å². The Morgan fingerprint density at radius 2 is 2.00 bits per heavy atom. The lowest BCUT2D eigenvalue weighted by Gasteiger charge is -2.37. The molecule has 1 saturated heterocycles. The van der Waals surface area contributed by atoms with Gasteiger partial charge in [-0.1, -0.05) is 6.07 Å². The molecule has 112 valence electrons. The van der Waals surface area contributed by atoms with Gasteiger partial charge in [-0.25, -0.2) is 9.37 Å². The average Bonchev–Trinajstić information content (AvgIpc) is 3.04. The summed E-state index contributed by atoms with van der Waals surface area (Å²) in [6.45, 7) is 4.17. The van der Waals surface area contributed by atoms with Gasteiger partial charge in [0.05, 0.1) is 0 Å². The van der Waals surface area contributed by atoms with E-state index in [-0.39, 0.29) is 5.82 Å². The Balaban J connectivity index is 1.73. The summed E-state index contributed by atoms with van der Waals surface area (Å²) in [5.74, 6) is -0.135. The van der Waals surface area contributed by atoms with Gasteiger partial charge < -0.3 is 15.1 Å². The third-order valence-corrected chi connectivity index (χ3v) is 4.59. The van der Waals surface area contributed by atoms with Crippen molar-refractivity contribution in [2.75, 3.05) is 43.0 Å². The normalized spacial score (nSPS) is 15.5. The number of thiazole rings is 1. The highest BCUT2D eigenvalue weighted by Crippen LogP contribution is 2.26. The van der Waals surface area contributed by atoms with Crippen molar-refractivity contribution in [2.24, 2.45) is 0 Å². The van der Waals surface area contributed by atoms with E-state index in [4.69, 9.17) is 0 Å². The van der Waals surface area contributed by atoms with Gasteiger partial charge in [0.2, 0.25) is 0 Å². The summed E-state index contributed by atoms with van der Waals surface area (Å²) in [5.41, 5.74) is 1.76. The summed E-state index contributed by atoms with van der Waals surface area (Å²) in [4.78, 5) is 8.91. The average molecular weight is 306 g/mol. The Bertz CT molecular complexity index is 579. The zero-order valence-corrected chi connectivity index (χ0v) is 12.9. The van der Waals surface area contributed by atoms with Gasteiger partial charge in [-0.15, -0.1) is 11.3 Å². The van der Waals surface area contributed by atoms with Crippen LogP contribution in [-0.4, -0.2) is 38.2 Å². The molecular formula is C15H19FN4S. The molecule has 0 saturated carbocycles. The quantitative estimate of drug-likeness (QED) is 0.939. The predicted molar refractivity (Wildman–Crippen MR) is 85.7 cm³/mol. The molecule has 0 radical (unpaired) electrons. The Morgan fingerprint density at radius 1 is 1.24 bits per heavy atom. The molecule has 1 aliphatic heterocycles. The molecule has 0 amide bonds. The number of nitrogens with zero attached hydrogens (tertiary/aromatic N) is 3. The van der Waals surface area contributed by atoms with Gasteiger partial charge in [0, 0.05) is 55.6 Å². The molecule has 1 aromatic carbocycles. The number of anilines is 2. The van der Waals surface area contributed by atoms with Crippen LogP contribution in [0.5, 0.6) is 0 Å². The summed E-state index contributed by atoms with van der Waals surface area (Å²) in [5, 5.41) is 6.12. The first-order valence-corrected chi connectivity index (χ1v) is 7.99. The minimum Gasteiger partial charge on any atom is -0.368 e. The Hall–Kier alpha value is -1.66. The number of nitrogens with one attached hydrogen (secondary N) is 1. The maximum absolute atomic E-state index is 14.0. The van der Waals surface area contributed by atoms with Crippen LogP contribution in [0.4, 0.5) is 15.2 Å². The van der Waals surface area contributed by atoms with Crippen LogP contribution in [0.25, 0.3) is 0 Å². The molecular weight excluding hydrogens is 287 g/mol. The van der Waals surface area contributed by atoms with Crippen LogP contribution in [0.1, 0.15) is 5.56 Å². The van der Waals surface area contributed by atoms with Crippen LogP contribution < -0.4 is 15.1 Å². The van der Waals surface area contributed by atoms with Crippen molar-refractivity contribution in [3.63, 3.8) is 0 Å². The number of piperazine rings is 1. The number of hydrogen-bond donors (Lipinski definition) is 1. The molecule has 0 unspecified atom stereocenters. The highest BCUT2D eigenvalue weighted by Gasteiger charge is 2.21. The van der Waals surface area contributed by atoms with E-state index in [0.29, 0.717) is 6.54 Å². The number of aromatic nitrogens is 1. The molecule has 6 heteroatoms. The standard InChI is InChI=1S/C15H19FN4S/c1-17-11-12-13(16)3-2-4-14(12)19-6-8-20(9-7-19)15-18-5-10-21-15/h2-5,10,17H,6-9,11H2,1H3. The molecule has 0 bridgehead atoms. The molecule has 0 spiro atoms. The summed E-state index contributed by atoms with van der Waals surface area (Å²) >= 11 is 1.67. The molecule has 1 aromatic heterocycles. The first-order chi connectivity index (χ1) is 10.3. The smallest absolute Gasteiger partial charge is 0.185 e. The second kappa shape index (κ2) is 6.41. The van der Waals surface area contributed by atoms with E-state index in [0.717, 1.165) is 42.6 Å². The summed E-state index contributed by atoms with van der Waals surface area (Å²) in [6, 6.07) is 5.33. The minimum absolute atomic E-state index is 0.135. The van der Waals surface area contributed by atoms with Crippen molar-refractivity contribution in [3.8, 4) is 0 Å².